The van der Waals surface area contributed by atoms with E-state index in [4.69, 9.17) is 57.6 Å². The predicted molar refractivity (Wildman–Crippen MR) is 133 cm³/mol. The second kappa shape index (κ2) is 31.8. The van der Waals surface area contributed by atoms with Crippen molar-refractivity contribution < 1.29 is 67.2 Å². The summed E-state index contributed by atoms with van der Waals surface area (Å²) in [5, 5.41) is 16.9. The summed E-state index contributed by atoms with van der Waals surface area (Å²) in [5.41, 5.74) is 0. The third-order valence-corrected chi connectivity index (χ3v) is 4.27. The van der Waals surface area contributed by atoms with Crippen LogP contribution in [0.2, 0.25) is 0 Å². The summed E-state index contributed by atoms with van der Waals surface area (Å²) in [5.74, 6) is -1.76. The molecule has 0 bridgehead atoms. The van der Waals surface area contributed by atoms with Gasteiger partial charge in [-0.1, -0.05) is 0 Å². The number of aliphatic carboxylic acids is 2. The maximum Gasteiger partial charge on any atom is 0.305 e. The van der Waals surface area contributed by atoms with Gasteiger partial charge in [0.25, 0.3) is 0 Å². The van der Waals surface area contributed by atoms with Crippen molar-refractivity contribution in [3.8, 4) is 0 Å². The Balaban J connectivity index is 3.04. The lowest BCUT2D eigenvalue weighted by Crippen LogP contribution is -2.15. The first-order chi connectivity index (χ1) is 18.6. The van der Waals surface area contributed by atoms with Crippen molar-refractivity contribution in [3.63, 3.8) is 0 Å². The maximum atomic E-state index is 10.3. The van der Waals surface area contributed by atoms with Gasteiger partial charge < -0.3 is 57.6 Å². The fourth-order valence-corrected chi connectivity index (χ4v) is 2.40. The van der Waals surface area contributed by atoms with Crippen molar-refractivity contribution in [3.05, 3.63) is 0 Å². The molecule has 0 aliphatic rings. The van der Waals surface area contributed by atoms with Gasteiger partial charge in [-0.2, -0.15) is 0 Å². The van der Waals surface area contributed by atoms with Crippen molar-refractivity contribution >= 4 is 11.9 Å². The third-order valence-electron chi connectivity index (χ3n) is 4.27. The van der Waals surface area contributed by atoms with Crippen LogP contribution in [0.25, 0.3) is 0 Å². The first-order valence-corrected chi connectivity index (χ1v) is 12.8. The first kappa shape index (κ1) is 36.5. The Bertz CT molecular complexity index is 465. The molecular weight excluding hydrogens is 512 g/mol. The SMILES string of the molecule is O=C(O)CCOCCOCCOCCOCCOCCOCCOCCOCCOCCOCCC(=O)O. The molecule has 0 aromatic rings. The largest absolute Gasteiger partial charge is 0.481 e. The van der Waals surface area contributed by atoms with Crippen LogP contribution >= 0.6 is 0 Å². The predicted octanol–water partition coefficient (Wildman–Crippen LogP) is 0.102. The quantitative estimate of drug-likeness (QED) is 0.104. The normalized spacial score (nSPS) is 11.3. The summed E-state index contributed by atoms with van der Waals surface area (Å²) in [7, 11) is 0. The lowest BCUT2D eigenvalue weighted by Gasteiger charge is -2.09. The highest BCUT2D eigenvalue weighted by Crippen LogP contribution is 1.88. The van der Waals surface area contributed by atoms with Gasteiger partial charge >= 0.3 is 11.9 Å². The zero-order valence-corrected chi connectivity index (χ0v) is 22.3. The molecule has 2 N–H and O–H groups in total. The standard InChI is InChI=1S/C24H46O14/c25-23(26)1-3-29-5-7-31-9-11-33-13-15-35-17-19-37-21-22-38-20-18-36-16-14-34-12-10-32-8-6-30-4-2-24(27)28/h1-22H2,(H,25,26)(H,27,28). The lowest BCUT2D eigenvalue weighted by atomic mass is 10.5. The van der Waals surface area contributed by atoms with Crippen molar-refractivity contribution in [2.24, 2.45) is 0 Å². The molecule has 0 fully saturated rings. The first-order valence-electron chi connectivity index (χ1n) is 12.8. The monoisotopic (exact) mass is 558 g/mol. The van der Waals surface area contributed by atoms with Gasteiger partial charge in [0.15, 0.2) is 0 Å². The molecule has 0 rings (SSSR count). The smallest absolute Gasteiger partial charge is 0.305 e. The molecule has 0 aliphatic carbocycles. The molecule has 14 nitrogen and oxygen atoms in total. The summed E-state index contributed by atoms with van der Waals surface area (Å²) in [6.45, 7) is 8.42. The average Bonchev–Trinajstić information content (AvgIpc) is 2.89. The summed E-state index contributed by atoms with van der Waals surface area (Å²) in [6, 6.07) is 0. The van der Waals surface area contributed by atoms with E-state index in [2.05, 4.69) is 0 Å². The van der Waals surface area contributed by atoms with E-state index in [0.717, 1.165) is 0 Å². The second-order valence-electron chi connectivity index (χ2n) is 7.41. The lowest BCUT2D eigenvalue weighted by molar-refractivity contribution is -0.139. The molecule has 0 atom stereocenters. The van der Waals surface area contributed by atoms with Gasteiger partial charge in [-0.25, -0.2) is 0 Å². The van der Waals surface area contributed by atoms with E-state index in [9.17, 15) is 9.59 Å². The van der Waals surface area contributed by atoms with Crippen molar-refractivity contribution in [1.29, 1.82) is 0 Å². The van der Waals surface area contributed by atoms with E-state index in [1.165, 1.54) is 0 Å². The van der Waals surface area contributed by atoms with E-state index >= 15 is 0 Å². The molecule has 0 amide bonds. The fourth-order valence-electron chi connectivity index (χ4n) is 2.40. The summed E-state index contributed by atoms with van der Waals surface area (Å²) in [4.78, 5) is 20.6. The van der Waals surface area contributed by atoms with Gasteiger partial charge in [-0.05, 0) is 0 Å². The molecule has 0 spiro atoms. The number of hydrogen-bond donors (Lipinski definition) is 2. The molecule has 14 heteroatoms. The minimum Gasteiger partial charge on any atom is -0.481 e. The molecule has 0 aliphatic heterocycles. The Morgan fingerprint density at radius 3 is 0.553 bits per heavy atom. The Hall–Kier alpha value is -1.46. The maximum absolute atomic E-state index is 10.3. The summed E-state index contributed by atoms with van der Waals surface area (Å²) >= 11 is 0. The van der Waals surface area contributed by atoms with E-state index in [1.54, 1.807) is 0 Å². The molecule has 38 heavy (non-hydrogen) atoms. The number of rotatable bonds is 33. The van der Waals surface area contributed by atoms with Crippen LogP contribution < -0.4 is 0 Å². The summed E-state index contributed by atoms with van der Waals surface area (Å²) in [6.07, 6.45) is -0.0119. The molecule has 0 heterocycles. The molecule has 0 aromatic carbocycles. The van der Waals surface area contributed by atoms with Gasteiger partial charge in [0.05, 0.1) is 145 Å². The highest BCUT2D eigenvalue weighted by molar-refractivity contribution is 5.67. The Morgan fingerprint density at radius 2 is 0.421 bits per heavy atom. The number of carboxylic acids is 2. The van der Waals surface area contributed by atoms with E-state index in [-0.39, 0.29) is 26.1 Å². The minimum absolute atomic E-state index is 0.00597. The Labute approximate surface area is 224 Å². The van der Waals surface area contributed by atoms with Crippen LogP contribution in [0, 0.1) is 0 Å². The van der Waals surface area contributed by atoms with Gasteiger partial charge in [0.2, 0.25) is 0 Å². The highest BCUT2D eigenvalue weighted by Gasteiger charge is 1.98. The Kier molecular flexibility index (Phi) is 30.5. The van der Waals surface area contributed by atoms with Crippen molar-refractivity contribution in [2.45, 2.75) is 12.8 Å². The van der Waals surface area contributed by atoms with Crippen LogP contribution in [-0.4, -0.2) is 154 Å². The van der Waals surface area contributed by atoms with Crippen molar-refractivity contribution in [1.82, 2.24) is 0 Å². The number of carbonyl (C=O) groups is 2. The molecule has 0 saturated carbocycles. The summed E-state index contributed by atoms with van der Waals surface area (Å²) < 4.78 is 53.2. The highest BCUT2D eigenvalue weighted by atomic mass is 16.6. The van der Waals surface area contributed by atoms with Crippen LogP contribution in [0.1, 0.15) is 12.8 Å². The van der Waals surface area contributed by atoms with Gasteiger partial charge in [0, 0.05) is 0 Å². The van der Waals surface area contributed by atoms with Gasteiger partial charge in [0.1, 0.15) is 0 Å². The number of hydrogen-bond acceptors (Lipinski definition) is 12. The number of ether oxygens (including phenoxy) is 10. The van der Waals surface area contributed by atoms with Crippen LogP contribution in [0.5, 0.6) is 0 Å². The molecule has 0 unspecified atom stereocenters. The van der Waals surface area contributed by atoms with Crippen LogP contribution in [0.15, 0.2) is 0 Å². The molecular formula is C24H46O14. The van der Waals surface area contributed by atoms with Gasteiger partial charge in [-0.3, -0.25) is 9.59 Å². The van der Waals surface area contributed by atoms with E-state index < -0.39 is 11.9 Å². The van der Waals surface area contributed by atoms with Crippen LogP contribution in [-0.2, 0) is 57.0 Å². The molecule has 0 aromatic heterocycles. The third kappa shape index (κ3) is 34.5. The van der Waals surface area contributed by atoms with Gasteiger partial charge in [-0.15, -0.1) is 0 Å². The van der Waals surface area contributed by atoms with Crippen LogP contribution in [0.4, 0.5) is 0 Å². The molecule has 226 valence electrons. The van der Waals surface area contributed by atoms with E-state index in [1.807, 2.05) is 0 Å². The zero-order valence-electron chi connectivity index (χ0n) is 22.3. The second-order valence-corrected chi connectivity index (χ2v) is 7.41. The Morgan fingerprint density at radius 1 is 0.289 bits per heavy atom. The van der Waals surface area contributed by atoms with E-state index in [0.29, 0.717) is 119 Å². The van der Waals surface area contributed by atoms with Crippen LogP contribution in [0.3, 0.4) is 0 Å². The zero-order chi connectivity index (χ0) is 27.8. The molecule has 0 radical (unpaired) electrons. The number of carboxylic acid groups (broad SMARTS) is 2. The minimum atomic E-state index is -0.878. The van der Waals surface area contributed by atoms with Crippen molar-refractivity contribution in [2.75, 3.05) is 132 Å². The topological polar surface area (TPSA) is 167 Å². The average molecular weight is 559 g/mol. The fraction of sp³-hybridized carbons (Fsp3) is 0.917. The molecule has 0 saturated heterocycles.